The average molecular weight is 392 g/mol. The van der Waals surface area contributed by atoms with Crippen molar-refractivity contribution in [2.24, 2.45) is 11.8 Å². The van der Waals surface area contributed by atoms with Crippen LogP contribution in [0.15, 0.2) is 60.7 Å². The molecule has 1 saturated carbocycles. The lowest BCUT2D eigenvalue weighted by atomic mass is 10.1. The Hall–Kier alpha value is -2.66. The highest BCUT2D eigenvalue weighted by Crippen LogP contribution is 2.40. The number of carbonyl (C=O) groups excluding carboxylic acids is 2. The molecule has 0 aromatic heterocycles. The Labute approximate surface area is 172 Å². The molecule has 0 radical (unpaired) electrons. The Morgan fingerprint density at radius 2 is 1.45 bits per heavy atom. The maximum Gasteiger partial charge on any atom is 0.226 e. The number of nitrogens with one attached hydrogen (secondary N) is 1. The molecule has 2 unspecified atom stereocenters. The van der Waals surface area contributed by atoms with Gasteiger partial charge in [-0.3, -0.25) is 14.5 Å². The van der Waals surface area contributed by atoms with Gasteiger partial charge in [0.1, 0.15) is 0 Å². The second kappa shape index (κ2) is 9.23. The van der Waals surface area contributed by atoms with Crippen molar-refractivity contribution >= 4 is 11.8 Å². The first-order valence-corrected chi connectivity index (χ1v) is 10.6. The van der Waals surface area contributed by atoms with Crippen molar-refractivity contribution in [3.8, 4) is 0 Å². The molecule has 5 nitrogen and oxygen atoms in total. The summed E-state index contributed by atoms with van der Waals surface area (Å²) >= 11 is 0. The van der Waals surface area contributed by atoms with Crippen LogP contribution in [-0.2, 0) is 22.6 Å². The Morgan fingerprint density at radius 3 is 2.10 bits per heavy atom. The first kappa shape index (κ1) is 19.6. The van der Waals surface area contributed by atoms with Crippen LogP contribution < -0.4 is 5.32 Å². The lowest BCUT2D eigenvalue weighted by Crippen LogP contribution is -2.49. The number of rotatable bonds is 7. The normalized spacial score (nSPS) is 21.6. The van der Waals surface area contributed by atoms with Crippen LogP contribution in [0, 0.1) is 11.8 Å². The van der Waals surface area contributed by atoms with E-state index in [0.29, 0.717) is 13.0 Å². The molecule has 0 spiro atoms. The predicted molar refractivity (Wildman–Crippen MR) is 113 cm³/mol. The van der Waals surface area contributed by atoms with Gasteiger partial charge in [0.25, 0.3) is 0 Å². The molecule has 1 aliphatic heterocycles. The molecule has 2 amide bonds. The van der Waals surface area contributed by atoms with E-state index in [2.05, 4.69) is 46.6 Å². The van der Waals surface area contributed by atoms with Crippen LogP contribution in [0.25, 0.3) is 0 Å². The van der Waals surface area contributed by atoms with Gasteiger partial charge in [0.15, 0.2) is 0 Å². The minimum atomic E-state index is -0.138. The summed E-state index contributed by atoms with van der Waals surface area (Å²) in [4.78, 5) is 29.5. The quantitative estimate of drug-likeness (QED) is 0.788. The molecule has 2 fully saturated rings. The molecule has 1 saturated heterocycles. The average Bonchev–Trinajstić information content (AvgIpc) is 3.56. The molecule has 29 heavy (non-hydrogen) atoms. The van der Waals surface area contributed by atoms with Crippen molar-refractivity contribution in [2.75, 3.05) is 32.7 Å². The van der Waals surface area contributed by atoms with Gasteiger partial charge < -0.3 is 10.2 Å². The van der Waals surface area contributed by atoms with E-state index in [1.807, 2.05) is 29.2 Å². The fourth-order valence-corrected chi connectivity index (χ4v) is 4.07. The third-order valence-corrected chi connectivity index (χ3v) is 5.93. The molecule has 4 rings (SSSR count). The van der Waals surface area contributed by atoms with Crippen molar-refractivity contribution < 1.29 is 9.59 Å². The van der Waals surface area contributed by atoms with Crippen molar-refractivity contribution in [3.63, 3.8) is 0 Å². The summed E-state index contributed by atoms with van der Waals surface area (Å²) in [5.74, 6) is -0.0671. The van der Waals surface area contributed by atoms with Crippen molar-refractivity contribution in [1.29, 1.82) is 0 Å². The second-order valence-corrected chi connectivity index (χ2v) is 8.06. The van der Waals surface area contributed by atoms with Crippen LogP contribution in [0.4, 0.5) is 0 Å². The lowest BCUT2D eigenvalue weighted by molar-refractivity contribution is -0.136. The minimum Gasteiger partial charge on any atom is -0.356 e. The van der Waals surface area contributed by atoms with Crippen molar-refractivity contribution in [1.82, 2.24) is 15.1 Å². The first-order valence-electron chi connectivity index (χ1n) is 10.6. The van der Waals surface area contributed by atoms with E-state index in [4.69, 9.17) is 0 Å². The van der Waals surface area contributed by atoms with E-state index in [0.717, 1.165) is 39.1 Å². The first-order chi connectivity index (χ1) is 14.2. The van der Waals surface area contributed by atoms with Crippen molar-refractivity contribution in [2.45, 2.75) is 19.4 Å². The molecule has 1 aliphatic carbocycles. The minimum absolute atomic E-state index is 0.0296. The van der Waals surface area contributed by atoms with E-state index in [9.17, 15) is 9.59 Å². The fourth-order valence-electron chi connectivity index (χ4n) is 4.07. The number of hydrogen-bond donors (Lipinski definition) is 1. The summed E-state index contributed by atoms with van der Waals surface area (Å²) < 4.78 is 0. The number of hydrogen-bond acceptors (Lipinski definition) is 3. The van der Waals surface area contributed by atoms with Gasteiger partial charge in [0.2, 0.25) is 11.8 Å². The van der Waals surface area contributed by atoms with Gasteiger partial charge in [-0.25, -0.2) is 0 Å². The highest BCUT2D eigenvalue weighted by Gasteiger charge is 2.49. The molecule has 2 aliphatic rings. The highest BCUT2D eigenvalue weighted by molar-refractivity contribution is 5.92. The fraction of sp³-hybridized carbons (Fsp3) is 0.417. The molecule has 0 bridgehead atoms. The molecular formula is C24H29N3O2. The Balaban J connectivity index is 1.17. The van der Waals surface area contributed by atoms with E-state index in [1.54, 1.807) is 0 Å². The molecule has 2 aromatic rings. The zero-order valence-electron chi connectivity index (χ0n) is 16.8. The lowest BCUT2D eigenvalue weighted by Gasteiger charge is -2.35. The third kappa shape index (κ3) is 5.24. The summed E-state index contributed by atoms with van der Waals surface area (Å²) in [6.45, 7) is 4.84. The molecule has 5 heteroatoms. The monoisotopic (exact) mass is 391 g/mol. The summed E-state index contributed by atoms with van der Waals surface area (Å²) in [6.07, 6.45) is 1.52. The number of piperazine rings is 1. The van der Waals surface area contributed by atoms with E-state index in [-0.39, 0.29) is 23.7 Å². The van der Waals surface area contributed by atoms with Gasteiger partial charge in [-0.2, -0.15) is 0 Å². The van der Waals surface area contributed by atoms with Crippen LogP contribution in [0.1, 0.15) is 17.5 Å². The maximum atomic E-state index is 12.8. The van der Waals surface area contributed by atoms with Gasteiger partial charge in [-0.15, -0.1) is 0 Å². The topological polar surface area (TPSA) is 52.7 Å². The van der Waals surface area contributed by atoms with Crippen LogP contribution in [0.5, 0.6) is 0 Å². The SMILES string of the molecule is O=C(NCCc1ccccc1)C1CC1C(=O)N1CCN(Cc2ccccc2)CC1. The summed E-state index contributed by atoms with van der Waals surface area (Å²) in [5.41, 5.74) is 2.52. The summed E-state index contributed by atoms with van der Waals surface area (Å²) in [6, 6.07) is 20.6. The zero-order chi connectivity index (χ0) is 20.1. The zero-order valence-corrected chi connectivity index (χ0v) is 16.8. The molecule has 1 heterocycles. The maximum absolute atomic E-state index is 12.8. The van der Waals surface area contributed by atoms with Crippen molar-refractivity contribution in [3.05, 3.63) is 71.8 Å². The van der Waals surface area contributed by atoms with Gasteiger partial charge in [-0.1, -0.05) is 60.7 Å². The van der Waals surface area contributed by atoms with Crippen LogP contribution in [0.3, 0.4) is 0 Å². The van der Waals surface area contributed by atoms with E-state index >= 15 is 0 Å². The highest BCUT2D eigenvalue weighted by atomic mass is 16.2. The molecule has 152 valence electrons. The van der Waals surface area contributed by atoms with Crippen LogP contribution >= 0.6 is 0 Å². The standard InChI is InChI=1S/C24H29N3O2/c28-23(25-12-11-19-7-3-1-4-8-19)21-17-22(21)24(29)27-15-13-26(14-16-27)18-20-9-5-2-6-10-20/h1-10,21-22H,11-18H2,(H,25,28). The number of benzene rings is 2. The molecule has 2 atom stereocenters. The smallest absolute Gasteiger partial charge is 0.226 e. The number of amides is 2. The van der Waals surface area contributed by atoms with E-state index < -0.39 is 0 Å². The molecular weight excluding hydrogens is 362 g/mol. The predicted octanol–water partition coefficient (Wildman–Crippen LogP) is 2.33. The van der Waals surface area contributed by atoms with Crippen LogP contribution in [-0.4, -0.2) is 54.3 Å². The van der Waals surface area contributed by atoms with Gasteiger partial charge >= 0.3 is 0 Å². The number of carbonyl (C=O) groups is 2. The summed E-state index contributed by atoms with van der Waals surface area (Å²) in [5, 5.41) is 3.00. The Morgan fingerprint density at radius 1 is 0.828 bits per heavy atom. The Bertz CT molecular complexity index is 817. The van der Waals surface area contributed by atoms with E-state index in [1.165, 1.54) is 11.1 Å². The third-order valence-electron chi connectivity index (χ3n) is 5.93. The summed E-state index contributed by atoms with van der Waals surface area (Å²) in [7, 11) is 0. The molecule has 2 aromatic carbocycles. The van der Waals surface area contributed by atoms with Gasteiger partial charge in [0.05, 0.1) is 11.8 Å². The van der Waals surface area contributed by atoms with Gasteiger partial charge in [0, 0.05) is 39.3 Å². The molecule has 1 N–H and O–H groups in total. The Kier molecular flexibility index (Phi) is 6.25. The number of nitrogens with zero attached hydrogens (tertiary/aromatic N) is 2. The largest absolute Gasteiger partial charge is 0.356 e. The second-order valence-electron chi connectivity index (χ2n) is 8.06. The van der Waals surface area contributed by atoms with Gasteiger partial charge in [-0.05, 0) is 24.0 Å². The van der Waals surface area contributed by atoms with Crippen LogP contribution in [0.2, 0.25) is 0 Å².